The van der Waals surface area contributed by atoms with Crippen LogP contribution in [-0.2, 0) is 9.47 Å². The minimum absolute atomic E-state index is 0. The Morgan fingerprint density at radius 2 is 0.788 bits per heavy atom. The van der Waals surface area contributed by atoms with E-state index in [1.807, 2.05) is 0 Å². The van der Waals surface area contributed by atoms with Gasteiger partial charge in [-0.3, -0.25) is 0 Å². The standard InChI is InChI=1S/C29H62O2P.ClH/c1-5-8-11-14-17-20-26-32(29-25-31-24-23-30-4,27-21-18-15-12-9-6-2)28-22-19-16-13-10-7-3;/h5-29H2,1-4H3;1H/q+1;/p-1. The first kappa shape index (κ1) is 35.8. The van der Waals surface area contributed by atoms with E-state index >= 15 is 0 Å². The van der Waals surface area contributed by atoms with Crippen LogP contribution in [-0.4, -0.2) is 51.6 Å². The lowest BCUT2D eigenvalue weighted by molar-refractivity contribution is -0.00000801. The summed E-state index contributed by atoms with van der Waals surface area (Å²) < 4.78 is 11.2. The van der Waals surface area contributed by atoms with E-state index in [1.165, 1.54) is 140 Å². The maximum Gasteiger partial charge on any atom is 0.0828 e. The smallest absolute Gasteiger partial charge is 0.0828 e. The molecule has 2 nitrogen and oxygen atoms in total. The molecule has 0 amide bonds. The second-order valence-electron chi connectivity index (χ2n) is 10.1. The zero-order valence-corrected chi connectivity index (χ0v) is 25.0. The van der Waals surface area contributed by atoms with Crippen molar-refractivity contribution in [3.05, 3.63) is 0 Å². The Morgan fingerprint density at radius 3 is 1.15 bits per heavy atom. The summed E-state index contributed by atoms with van der Waals surface area (Å²) in [5, 5.41) is 0. The lowest BCUT2D eigenvalue weighted by atomic mass is 10.1. The van der Waals surface area contributed by atoms with Crippen LogP contribution in [0.15, 0.2) is 0 Å². The molecule has 0 heterocycles. The molecule has 0 aromatic rings. The second-order valence-corrected chi connectivity index (χ2v) is 14.6. The van der Waals surface area contributed by atoms with Gasteiger partial charge in [0.25, 0.3) is 0 Å². The Hall–Kier alpha value is 0.640. The lowest BCUT2D eigenvalue weighted by Gasteiger charge is -2.28. The number of unbranched alkanes of at least 4 members (excludes halogenated alkanes) is 15. The van der Waals surface area contributed by atoms with E-state index in [9.17, 15) is 0 Å². The van der Waals surface area contributed by atoms with E-state index in [-0.39, 0.29) is 12.4 Å². The second kappa shape index (κ2) is 28.9. The Morgan fingerprint density at radius 1 is 0.424 bits per heavy atom. The summed E-state index contributed by atoms with van der Waals surface area (Å²) in [6.45, 7) is 9.43. The van der Waals surface area contributed by atoms with Gasteiger partial charge >= 0.3 is 0 Å². The van der Waals surface area contributed by atoms with Gasteiger partial charge in [-0.05, 0) is 38.5 Å². The van der Waals surface area contributed by atoms with Gasteiger partial charge in [-0.1, -0.05) is 97.8 Å². The maximum atomic E-state index is 6.01. The van der Waals surface area contributed by atoms with Crippen LogP contribution in [0, 0.1) is 0 Å². The number of methoxy groups -OCH3 is 1. The molecule has 0 radical (unpaired) electrons. The third-order valence-corrected chi connectivity index (χ3v) is 12.0. The largest absolute Gasteiger partial charge is 1.00 e. The number of halogens is 1. The van der Waals surface area contributed by atoms with Crippen LogP contribution in [0.3, 0.4) is 0 Å². The Balaban J connectivity index is 0. The third kappa shape index (κ3) is 24.1. The summed E-state index contributed by atoms with van der Waals surface area (Å²) in [7, 11) is 0.897. The van der Waals surface area contributed by atoms with E-state index in [4.69, 9.17) is 9.47 Å². The molecule has 0 spiro atoms. The monoisotopic (exact) mass is 508 g/mol. The molecule has 0 fully saturated rings. The van der Waals surface area contributed by atoms with E-state index in [0.29, 0.717) is 0 Å². The van der Waals surface area contributed by atoms with Gasteiger partial charge in [0.1, 0.15) is 0 Å². The molecular weight excluding hydrogens is 447 g/mol. The Bertz CT molecular complexity index is 314. The van der Waals surface area contributed by atoms with Gasteiger partial charge in [-0.15, -0.1) is 0 Å². The van der Waals surface area contributed by atoms with Crippen molar-refractivity contribution in [3.63, 3.8) is 0 Å². The van der Waals surface area contributed by atoms with Gasteiger partial charge in [0.15, 0.2) is 0 Å². The third-order valence-electron chi connectivity index (χ3n) is 7.10. The molecule has 0 rings (SSSR count). The minimum atomic E-state index is -0.877. The van der Waals surface area contributed by atoms with Crippen LogP contribution in [0.4, 0.5) is 0 Å². The molecule has 0 unspecified atom stereocenters. The number of hydrogen-bond donors (Lipinski definition) is 0. The first-order valence-corrected chi connectivity index (χ1v) is 17.2. The summed E-state index contributed by atoms with van der Waals surface area (Å²) >= 11 is 0. The molecule has 0 N–H and O–H groups in total. The van der Waals surface area contributed by atoms with E-state index < -0.39 is 7.26 Å². The highest BCUT2D eigenvalue weighted by atomic mass is 35.5. The number of rotatable bonds is 27. The fraction of sp³-hybridized carbons (Fsp3) is 1.00. The predicted molar refractivity (Wildman–Crippen MR) is 149 cm³/mol. The average molecular weight is 509 g/mol. The lowest BCUT2D eigenvalue weighted by Crippen LogP contribution is -3.00. The fourth-order valence-corrected chi connectivity index (χ4v) is 9.40. The van der Waals surface area contributed by atoms with E-state index in [1.54, 1.807) is 7.11 Å². The van der Waals surface area contributed by atoms with Crippen molar-refractivity contribution in [3.8, 4) is 0 Å². The molecule has 33 heavy (non-hydrogen) atoms. The average Bonchev–Trinajstić information content (AvgIpc) is 2.80. The SMILES string of the molecule is CCCCCCCC[P+](CCCCCCCC)(CCCCCCCC)CCOCCOC.[Cl-]. The molecule has 0 saturated heterocycles. The van der Waals surface area contributed by atoms with Crippen molar-refractivity contribution in [1.29, 1.82) is 0 Å². The molecule has 0 aliphatic carbocycles. The topological polar surface area (TPSA) is 18.5 Å². The van der Waals surface area contributed by atoms with Crippen LogP contribution in [0.1, 0.15) is 136 Å². The predicted octanol–water partition coefficient (Wildman–Crippen LogP) is 6.75. The first-order chi connectivity index (χ1) is 15.7. The van der Waals surface area contributed by atoms with Gasteiger partial charge in [0.2, 0.25) is 0 Å². The normalized spacial score (nSPS) is 11.6. The van der Waals surface area contributed by atoms with Crippen LogP contribution >= 0.6 is 7.26 Å². The van der Waals surface area contributed by atoms with Crippen molar-refractivity contribution in [2.24, 2.45) is 0 Å². The highest BCUT2D eigenvalue weighted by molar-refractivity contribution is 7.75. The molecule has 0 bridgehead atoms. The summed E-state index contributed by atoms with van der Waals surface area (Å²) in [6, 6.07) is 0. The summed E-state index contributed by atoms with van der Waals surface area (Å²) in [5.41, 5.74) is 0. The van der Waals surface area contributed by atoms with Crippen molar-refractivity contribution >= 4 is 7.26 Å². The fourth-order valence-electron chi connectivity index (χ4n) is 4.86. The van der Waals surface area contributed by atoms with Crippen molar-refractivity contribution < 1.29 is 21.9 Å². The molecule has 0 aromatic carbocycles. The van der Waals surface area contributed by atoms with Crippen LogP contribution in [0.5, 0.6) is 0 Å². The molecule has 0 saturated carbocycles. The quantitative estimate of drug-likeness (QED) is 0.0901. The van der Waals surface area contributed by atoms with Gasteiger partial charge in [0, 0.05) is 14.4 Å². The molecule has 0 aromatic heterocycles. The zero-order valence-electron chi connectivity index (χ0n) is 23.3. The maximum absolute atomic E-state index is 6.01. The van der Waals surface area contributed by atoms with Crippen molar-refractivity contribution in [2.75, 3.05) is 51.6 Å². The van der Waals surface area contributed by atoms with E-state index in [0.717, 1.165) is 19.8 Å². The molecule has 4 heteroatoms. The highest BCUT2D eigenvalue weighted by Crippen LogP contribution is 2.60. The number of ether oxygens (including phenoxy) is 2. The molecular formula is C29H62ClO2P. The first-order valence-electron chi connectivity index (χ1n) is 14.7. The van der Waals surface area contributed by atoms with Crippen LogP contribution in [0.2, 0.25) is 0 Å². The van der Waals surface area contributed by atoms with Gasteiger partial charge in [-0.25, -0.2) is 0 Å². The minimum Gasteiger partial charge on any atom is -1.00 e. The van der Waals surface area contributed by atoms with E-state index in [2.05, 4.69) is 20.8 Å². The molecule has 0 aliphatic rings. The molecule has 202 valence electrons. The summed E-state index contributed by atoms with van der Waals surface area (Å²) in [4.78, 5) is 0. The summed E-state index contributed by atoms with van der Waals surface area (Å²) in [6.07, 6.45) is 31.8. The Kier molecular flexibility index (Phi) is 31.3. The molecule has 0 atom stereocenters. The van der Waals surface area contributed by atoms with Gasteiger partial charge in [-0.2, -0.15) is 0 Å². The summed E-state index contributed by atoms with van der Waals surface area (Å²) in [5.74, 6) is 0. The molecule has 0 aliphatic heterocycles. The number of hydrogen-bond acceptors (Lipinski definition) is 2. The van der Waals surface area contributed by atoms with Crippen molar-refractivity contribution in [1.82, 2.24) is 0 Å². The van der Waals surface area contributed by atoms with Crippen LogP contribution in [0.25, 0.3) is 0 Å². The Labute approximate surface area is 216 Å². The van der Waals surface area contributed by atoms with Crippen molar-refractivity contribution in [2.45, 2.75) is 136 Å². The zero-order chi connectivity index (χ0) is 23.6. The van der Waals surface area contributed by atoms with Gasteiger partial charge < -0.3 is 21.9 Å². The van der Waals surface area contributed by atoms with Gasteiger partial charge in [0.05, 0.1) is 44.5 Å². The highest BCUT2D eigenvalue weighted by Gasteiger charge is 2.35. The van der Waals surface area contributed by atoms with Crippen LogP contribution < -0.4 is 12.4 Å².